The lowest BCUT2D eigenvalue weighted by Crippen LogP contribution is -2.30. The van der Waals surface area contributed by atoms with Gasteiger partial charge in [-0.25, -0.2) is 0 Å². The molecule has 1 aromatic heterocycles. The van der Waals surface area contributed by atoms with Crippen molar-refractivity contribution in [1.29, 1.82) is 0 Å². The van der Waals surface area contributed by atoms with Crippen LogP contribution in [-0.2, 0) is 26.1 Å². The molecule has 0 saturated carbocycles. The highest BCUT2D eigenvalue weighted by Gasteiger charge is 2.21. The second-order valence-corrected chi connectivity index (χ2v) is 7.21. The average Bonchev–Trinajstić information content (AvgIpc) is 3.20. The second kappa shape index (κ2) is 8.40. The molecule has 2 aromatic carbocycles. The van der Waals surface area contributed by atoms with Gasteiger partial charge in [-0.2, -0.15) is 0 Å². The first-order chi connectivity index (χ1) is 13.7. The third-order valence-electron chi connectivity index (χ3n) is 5.25. The molecule has 5 heteroatoms. The van der Waals surface area contributed by atoms with Gasteiger partial charge in [0.15, 0.2) is 11.5 Å². The Morgan fingerprint density at radius 2 is 1.86 bits per heavy atom. The fourth-order valence-electron chi connectivity index (χ4n) is 3.69. The van der Waals surface area contributed by atoms with E-state index in [9.17, 15) is 4.79 Å². The topological polar surface area (TPSA) is 49.6 Å². The summed E-state index contributed by atoms with van der Waals surface area (Å²) >= 11 is 0. The SMILES string of the molecule is CCN(Cc1ccccc1)C(=O)c1cc(CN2CCc3ccccc3C2)on1. The molecule has 28 heavy (non-hydrogen) atoms. The number of rotatable bonds is 6. The monoisotopic (exact) mass is 375 g/mol. The van der Waals surface area contributed by atoms with Crippen LogP contribution in [0.5, 0.6) is 0 Å². The lowest BCUT2D eigenvalue weighted by atomic mass is 10.00. The Bertz CT molecular complexity index is 936. The summed E-state index contributed by atoms with van der Waals surface area (Å²) in [5.41, 5.74) is 4.27. The summed E-state index contributed by atoms with van der Waals surface area (Å²) in [4.78, 5) is 17.0. The maximum atomic E-state index is 12.8. The predicted octanol–water partition coefficient (Wildman–Crippen LogP) is 3.90. The standard InChI is InChI=1S/C23H25N3O2/c1-2-26(15-18-8-4-3-5-9-18)23(27)22-14-21(28-24-22)17-25-13-12-19-10-6-7-11-20(19)16-25/h3-11,14H,2,12-13,15-17H2,1H3. The van der Waals surface area contributed by atoms with Gasteiger partial charge in [0.25, 0.3) is 5.91 Å². The highest BCUT2D eigenvalue weighted by Crippen LogP contribution is 2.21. The molecule has 0 aliphatic carbocycles. The largest absolute Gasteiger partial charge is 0.359 e. The average molecular weight is 375 g/mol. The number of carbonyl (C=O) groups is 1. The zero-order valence-corrected chi connectivity index (χ0v) is 16.2. The van der Waals surface area contributed by atoms with Crippen LogP contribution in [-0.4, -0.2) is 34.0 Å². The van der Waals surface area contributed by atoms with E-state index in [0.29, 0.717) is 25.3 Å². The van der Waals surface area contributed by atoms with Gasteiger partial charge in [-0.1, -0.05) is 59.8 Å². The lowest BCUT2D eigenvalue weighted by molar-refractivity contribution is 0.0742. The third-order valence-corrected chi connectivity index (χ3v) is 5.25. The summed E-state index contributed by atoms with van der Waals surface area (Å²) in [6.45, 7) is 5.72. The minimum atomic E-state index is -0.0923. The minimum absolute atomic E-state index is 0.0923. The molecular weight excluding hydrogens is 350 g/mol. The van der Waals surface area contributed by atoms with Gasteiger partial charge in [0.05, 0.1) is 6.54 Å². The van der Waals surface area contributed by atoms with Crippen molar-refractivity contribution in [2.75, 3.05) is 13.1 Å². The first-order valence-corrected chi connectivity index (χ1v) is 9.81. The molecule has 0 unspecified atom stereocenters. The molecule has 5 nitrogen and oxygen atoms in total. The quantitative estimate of drug-likeness (QED) is 0.656. The zero-order chi connectivity index (χ0) is 19.3. The fourth-order valence-corrected chi connectivity index (χ4v) is 3.69. The van der Waals surface area contributed by atoms with Crippen molar-refractivity contribution < 1.29 is 9.32 Å². The molecule has 0 spiro atoms. The molecule has 0 N–H and O–H groups in total. The molecule has 0 radical (unpaired) electrons. The van der Waals surface area contributed by atoms with Crippen LogP contribution in [0.25, 0.3) is 0 Å². The van der Waals surface area contributed by atoms with Crippen LogP contribution >= 0.6 is 0 Å². The van der Waals surface area contributed by atoms with Gasteiger partial charge in [-0.3, -0.25) is 9.69 Å². The Hall–Kier alpha value is -2.92. The van der Waals surface area contributed by atoms with Gasteiger partial charge in [-0.15, -0.1) is 0 Å². The summed E-state index contributed by atoms with van der Waals surface area (Å²) in [7, 11) is 0. The number of nitrogens with zero attached hydrogens (tertiary/aromatic N) is 3. The summed E-state index contributed by atoms with van der Waals surface area (Å²) < 4.78 is 5.48. The van der Waals surface area contributed by atoms with Crippen LogP contribution in [0.4, 0.5) is 0 Å². The summed E-state index contributed by atoms with van der Waals surface area (Å²) in [5, 5.41) is 4.04. The number of fused-ring (bicyclic) bond motifs is 1. The Kier molecular flexibility index (Phi) is 5.53. The molecule has 0 fully saturated rings. The number of hydrogen-bond donors (Lipinski definition) is 0. The van der Waals surface area contributed by atoms with Crippen LogP contribution in [0.2, 0.25) is 0 Å². The normalized spacial score (nSPS) is 13.9. The molecular formula is C23H25N3O2. The van der Waals surface area contributed by atoms with Crippen molar-refractivity contribution in [2.45, 2.75) is 33.0 Å². The number of benzene rings is 2. The van der Waals surface area contributed by atoms with Gasteiger partial charge in [0.1, 0.15) is 0 Å². The van der Waals surface area contributed by atoms with Crippen molar-refractivity contribution in [3.63, 3.8) is 0 Å². The maximum absolute atomic E-state index is 12.8. The molecule has 4 rings (SSSR count). The van der Waals surface area contributed by atoms with E-state index in [2.05, 4.69) is 34.3 Å². The van der Waals surface area contributed by atoms with E-state index in [0.717, 1.165) is 30.8 Å². The van der Waals surface area contributed by atoms with Crippen LogP contribution in [0.15, 0.2) is 65.2 Å². The summed E-state index contributed by atoms with van der Waals surface area (Å²) in [6, 6.07) is 20.3. The molecule has 2 heterocycles. The Balaban J connectivity index is 1.40. The second-order valence-electron chi connectivity index (χ2n) is 7.21. The smallest absolute Gasteiger partial charge is 0.276 e. The van der Waals surface area contributed by atoms with Crippen molar-refractivity contribution in [1.82, 2.24) is 15.0 Å². The number of carbonyl (C=O) groups excluding carboxylic acids is 1. The maximum Gasteiger partial charge on any atom is 0.276 e. The fraction of sp³-hybridized carbons (Fsp3) is 0.304. The Morgan fingerprint density at radius 3 is 2.64 bits per heavy atom. The van der Waals surface area contributed by atoms with Crippen molar-refractivity contribution >= 4 is 5.91 Å². The van der Waals surface area contributed by atoms with Gasteiger partial charge in [0, 0.05) is 32.2 Å². The van der Waals surface area contributed by atoms with Crippen LogP contribution in [0.1, 0.15) is 39.9 Å². The van der Waals surface area contributed by atoms with E-state index < -0.39 is 0 Å². The first-order valence-electron chi connectivity index (χ1n) is 9.81. The van der Waals surface area contributed by atoms with E-state index >= 15 is 0 Å². The van der Waals surface area contributed by atoms with E-state index in [1.165, 1.54) is 11.1 Å². The van der Waals surface area contributed by atoms with Gasteiger partial charge in [0.2, 0.25) is 0 Å². The number of aromatic nitrogens is 1. The molecule has 0 bridgehead atoms. The highest BCUT2D eigenvalue weighted by atomic mass is 16.5. The van der Waals surface area contributed by atoms with Gasteiger partial charge >= 0.3 is 0 Å². The summed E-state index contributed by atoms with van der Waals surface area (Å²) in [5.74, 6) is 0.642. The van der Waals surface area contributed by atoms with Gasteiger partial charge < -0.3 is 9.42 Å². The number of hydrogen-bond acceptors (Lipinski definition) is 4. The van der Waals surface area contributed by atoms with E-state index in [1.54, 1.807) is 11.0 Å². The van der Waals surface area contributed by atoms with E-state index in [1.807, 2.05) is 37.3 Å². The predicted molar refractivity (Wildman–Crippen MR) is 108 cm³/mol. The van der Waals surface area contributed by atoms with Crippen LogP contribution < -0.4 is 0 Å². The third kappa shape index (κ3) is 4.15. The molecule has 1 aliphatic rings. The Morgan fingerprint density at radius 1 is 1.11 bits per heavy atom. The molecule has 1 amide bonds. The highest BCUT2D eigenvalue weighted by molar-refractivity contribution is 5.92. The molecule has 0 saturated heterocycles. The molecule has 3 aromatic rings. The van der Waals surface area contributed by atoms with Gasteiger partial charge in [-0.05, 0) is 30.0 Å². The van der Waals surface area contributed by atoms with E-state index in [-0.39, 0.29) is 5.91 Å². The zero-order valence-electron chi connectivity index (χ0n) is 16.2. The number of amides is 1. The first kappa shape index (κ1) is 18.4. The van der Waals surface area contributed by atoms with Crippen molar-refractivity contribution in [3.8, 4) is 0 Å². The van der Waals surface area contributed by atoms with Crippen LogP contribution in [0.3, 0.4) is 0 Å². The molecule has 144 valence electrons. The van der Waals surface area contributed by atoms with Crippen molar-refractivity contribution in [3.05, 3.63) is 88.8 Å². The minimum Gasteiger partial charge on any atom is -0.359 e. The Labute approximate surface area is 165 Å². The summed E-state index contributed by atoms with van der Waals surface area (Å²) in [6.07, 6.45) is 1.04. The molecule has 0 atom stereocenters. The van der Waals surface area contributed by atoms with E-state index in [4.69, 9.17) is 4.52 Å². The van der Waals surface area contributed by atoms with Crippen molar-refractivity contribution in [2.24, 2.45) is 0 Å². The lowest BCUT2D eigenvalue weighted by Gasteiger charge is -2.27. The van der Waals surface area contributed by atoms with Crippen LogP contribution in [0, 0.1) is 0 Å². The molecule has 1 aliphatic heterocycles.